The minimum Gasteiger partial charge on any atom is -0.364 e. The van der Waals surface area contributed by atoms with Crippen molar-refractivity contribution in [1.82, 2.24) is 15.0 Å². The molecule has 2 N–H and O–H groups in total. The fraction of sp³-hybridized carbons (Fsp3) is 0.333. The van der Waals surface area contributed by atoms with E-state index in [0.29, 0.717) is 28.8 Å². The van der Waals surface area contributed by atoms with Gasteiger partial charge in [-0.3, -0.25) is 4.79 Å². The van der Waals surface area contributed by atoms with Crippen molar-refractivity contribution >= 4 is 23.2 Å². The molecule has 0 aromatic carbocycles. The number of H-pyrrole nitrogens is 1. The van der Waals surface area contributed by atoms with Crippen molar-refractivity contribution in [3.05, 3.63) is 45.6 Å². The van der Waals surface area contributed by atoms with Gasteiger partial charge in [0.05, 0.1) is 10.6 Å². The van der Waals surface area contributed by atoms with Crippen molar-refractivity contribution in [3.8, 4) is 6.07 Å². The largest absolute Gasteiger partial charge is 0.364 e. The summed E-state index contributed by atoms with van der Waals surface area (Å²) >= 11 is 6.15. The number of piperidine rings is 1. The molecule has 0 aliphatic carbocycles. The summed E-state index contributed by atoms with van der Waals surface area (Å²) in [4.78, 5) is 24.8. The highest BCUT2D eigenvalue weighted by atomic mass is 35.5. The van der Waals surface area contributed by atoms with E-state index in [1.165, 1.54) is 12.4 Å². The van der Waals surface area contributed by atoms with Gasteiger partial charge in [0.2, 0.25) is 0 Å². The van der Waals surface area contributed by atoms with Crippen molar-refractivity contribution in [3.63, 3.8) is 0 Å². The zero-order valence-corrected chi connectivity index (χ0v) is 13.0. The summed E-state index contributed by atoms with van der Waals surface area (Å²) in [6.07, 6.45) is 6.46. The Hall–Kier alpha value is -2.59. The number of halogens is 1. The summed E-state index contributed by atoms with van der Waals surface area (Å²) in [7, 11) is 0. The monoisotopic (exact) mass is 330 g/mol. The second-order valence-electron chi connectivity index (χ2n) is 5.34. The van der Waals surface area contributed by atoms with Crippen LogP contribution in [0.15, 0.2) is 29.5 Å². The molecule has 0 amide bonds. The van der Waals surface area contributed by atoms with Crippen LogP contribution < -0.4 is 15.8 Å². The molecule has 118 valence electrons. The summed E-state index contributed by atoms with van der Waals surface area (Å²) in [6.45, 7) is 1.42. The molecule has 3 rings (SSSR count). The Bertz CT molecular complexity index is 799. The Morgan fingerprint density at radius 3 is 3.09 bits per heavy atom. The van der Waals surface area contributed by atoms with E-state index in [1.807, 2.05) is 11.0 Å². The van der Waals surface area contributed by atoms with Crippen molar-refractivity contribution in [2.24, 2.45) is 0 Å². The molecule has 3 heterocycles. The number of nitrogens with one attached hydrogen (secondary N) is 2. The van der Waals surface area contributed by atoms with Crippen molar-refractivity contribution in [1.29, 1.82) is 5.26 Å². The predicted molar refractivity (Wildman–Crippen MR) is 87.7 cm³/mol. The first kappa shape index (κ1) is 15.3. The first-order chi connectivity index (χ1) is 11.2. The van der Waals surface area contributed by atoms with E-state index >= 15 is 0 Å². The first-order valence-corrected chi connectivity index (χ1v) is 7.66. The SMILES string of the molecule is N#Cc1cnc(N[C@H]2CCCN(c3ncc[nH]c3=O)C2)c(Cl)c1. The molecule has 1 saturated heterocycles. The highest BCUT2D eigenvalue weighted by molar-refractivity contribution is 6.33. The fourth-order valence-corrected chi connectivity index (χ4v) is 2.88. The molecule has 2 aromatic heterocycles. The molecule has 0 radical (unpaired) electrons. The lowest BCUT2D eigenvalue weighted by molar-refractivity contribution is 0.524. The third kappa shape index (κ3) is 3.43. The van der Waals surface area contributed by atoms with E-state index in [2.05, 4.69) is 20.3 Å². The average Bonchev–Trinajstić information content (AvgIpc) is 2.57. The maximum Gasteiger partial charge on any atom is 0.290 e. The van der Waals surface area contributed by atoms with E-state index in [0.717, 1.165) is 19.4 Å². The molecule has 0 spiro atoms. The number of pyridine rings is 1. The van der Waals surface area contributed by atoms with Crippen LogP contribution in [-0.4, -0.2) is 34.1 Å². The number of rotatable bonds is 3. The van der Waals surface area contributed by atoms with Gasteiger partial charge in [-0.25, -0.2) is 9.97 Å². The van der Waals surface area contributed by atoms with Crippen LogP contribution in [-0.2, 0) is 0 Å². The summed E-state index contributed by atoms with van der Waals surface area (Å²) in [5, 5.41) is 12.5. The molecule has 1 aliphatic rings. The van der Waals surface area contributed by atoms with Gasteiger partial charge in [0.15, 0.2) is 5.82 Å². The zero-order chi connectivity index (χ0) is 16.2. The number of anilines is 2. The Morgan fingerprint density at radius 1 is 1.48 bits per heavy atom. The summed E-state index contributed by atoms with van der Waals surface area (Å²) in [5.74, 6) is 0.977. The normalized spacial score (nSPS) is 17.6. The van der Waals surface area contributed by atoms with Crippen molar-refractivity contribution in [2.75, 3.05) is 23.3 Å². The highest BCUT2D eigenvalue weighted by Crippen LogP contribution is 2.23. The summed E-state index contributed by atoms with van der Waals surface area (Å²) < 4.78 is 0. The van der Waals surface area contributed by atoms with Crippen molar-refractivity contribution < 1.29 is 0 Å². The van der Waals surface area contributed by atoms with Gasteiger partial charge in [0, 0.05) is 37.7 Å². The van der Waals surface area contributed by atoms with Gasteiger partial charge in [0.1, 0.15) is 11.9 Å². The van der Waals surface area contributed by atoms with Crippen LogP contribution in [0.25, 0.3) is 0 Å². The molecule has 0 saturated carbocycles. The third-order valence-corrected chi connectivity index (χ3v) is 4.01. The van der Waals surface area contributed by atoms with E-state index in [1.54, 1.807) is 12.3 Å². The Labute approximate surface area is 137 Å². The summed E-state index contributed by atoms with van der Waals surface area (Å²) in [5.41, 5.74) is 0.230. The van der Waals surface area contributed by atoms with Gasteiger partial charge in [0.25, 0.3) is 5.56 Å². The number of aromatic amines is 1. The number of nitrogens with zero attached hydrogens (tertiary/aromatic N) is 4. The minimum absolute atomic E-state index is 0.100. The predicted octanol–water partition coefficient (Wildman–Crippen LogP) is 1.77. The number of hydrogen-bond donors (Lipinski definition) is 2. The van der Waals surface area contributed by atoms with E-state index in [-0.39, 0.29) is 11.6 Å². The Kier molecular flexibility index (Phi) is 4.44. The number of aromatic nitrogens is 3. The lowest BCUT2D eigenvalue weighted by atomic mass is 10.1. The molecular formula is C15H15ClN6O. The molecule has 1 atom stereocenters. The van der Waals surface area contributed by atoms with Crippen LogP contribution in [0.2, 0.25) is 5.02 Å². The second kappa shape index (κ2) is 6.67. The molecule has 23 heavy (non-hydrogen) atoms. The topological polar surface area (TPSA) is 97.7 Å². The quantitative estimate of drug-likeness (QED) is 0.890. The first-order valence-electron chi connectivity index (χ1n) is 7.28. The van der Waals surface area contributed by atoms with Crippen LogP contribution in [0.4, 0.5) is 11.6 Å². The molecule has 1 fully saturated rings. The average molecular weight is 331 g/mol. The van der Waals surface area contributed by atoms with E-state index in [4.69, 9.17) is 16.9 Å². The maximum atomic E-state index is 11.9. The van der Waals surface area contributed by atoms with Gasteiger partial charge in [-0.15, -0.1) is 0 Å². The molecule has 1 aliphatic heterocycles. The molecule has 2 aromatic rings. The maximum absolute atomic E-state index is 11.9. The molecule has 8 heteroatoms. The third-order valence-electron chi connectivity index (χ3n) is 3.72. The van der Waals surface area contributed by atoms with Crippen molar-refractivity contribution in [2.45, 2.75) is 18.9 Å². The van der Waals surface area contributed by atoms with Crippen LogP contribution >= 0.6 is 11.6 Å². The van der Waals surface area contributed by atoms with Gasteiger partial charge in [-0.2, -0.15) is 5.26 Å². The molecular weight excluding hydrogens is 316 g/mol. The molecule has 7 nitrogen and oxygen atoms in total. The Morgan fingerprint density at radius 2 is 2.35 bits per heavy atom. The highest BCUT2D eigenvalue weighted by Gasteiger charge is 2.23. The second-order valence-corrected chi connectivity index (χ2v) is 5.74. The molecule has 0 unspecified atom stereocenters. The standard InChI is InChI=1S/C15H15ClN6O/c16-12-6-10(7-17)8-20-13(12)21-11-2-1-5-22(9-11)14-15(23)19-4-3-18-14/h3-4,6,8,11H,1-2,5,9H2,(H,19,23)(H,20,21)/t11-/m0/s1. The summed E-state index contributed by atoms with van der Waals surface area (Å²) in [6, 6.07) is 3.69. The van der Waals surface area contributed by atoms with Gasteiger partial charge < -0.3 is 15.2 Å². The van der Waals surface area contributed by atoms with Gasteiger partial charge in [-0.05, 0) is 18.9 Å². The zero-order valence-electron chi connectivity index (χ0n) is 12.3. The van der Waals surface area contributed by atoms with E-state index < -0.39 is 0 Å². The molecule has 0 bridgehead atoms. The van der Waals surface area contributed by atoms with E-state index in [9.17, 15) is 4.79 Å². The Balaban J connectivity index is 1.73. The smallest absolute Gasteiger partial charge is 0.290 e. The number of hydrogen-bond acceptors (Lipinski definition) is 6. The van der Waals surface area contributed by atoms with Crippen LogP contribution in [0.3, 0.4) is 0 Å². The van der Waals surface area contributed by atoms with Gasteiger partial charge in [-0.1, -0.05) is 11.6 Å². The lowest BCUT2D eigenvalue weighted by Crippen LogP contribution is -2.44. The van der Waals surface area contributed by atoms with Crippen LogP contribution in [0.5, 0.6) is 0 Å². The van der Waals surface area contributed by atoms with Crippen LogP contribution in [0, 0.1) is 11.3 Å². The lowest BCUT2D eigenvalue weighted by Gasteiger charge is -2.33. The van der Waals surface area contributed by atoms with Gasteiger partial charge >= 0.3 is 0 Å². The fourth-order valence-electron chi connectivity index (χ4n) is 2.66. The van der Waals surface area contributed by atoms with Crippen LogP contribution in [0.1, 0.15) is 18.4 Å². The minimum atomic E-state index is -0.192. The number of nitriles is 1.